The first-order valence-electron chi connectivity index (χ1n) is 8.97. The molecule has 0 unspecified atom stereocenters. The number of rotatable bonds is 4. The average molecular weight is 420 g/mol. The summed E-state index contributed by atoms with van der Waals surface area (Å²) < 4.78 is 13.3. The highest BCUT2D eigenvalue weighted by molar-refractivity contribution is 6.51. The standard InChI is InChI=1S/C21H13FN4O5/c22-14-7-5-12(6-8-14)18(27)16-17(13-3-1-4-15(11-13)26(30)31)25(20(29)19(16)28)21-23-9-2-10-24-21/h1-11,17,27H/b18-16+/t17-/m0/s1. The van der Waals surface area contributed by atoms with Crippen LogP contribution >= 0.6 is 0 Å². The van der Waals surface area contributed by atoms with Crippen molar-refractivity contribution in [1.29, 1.82) is 0 Å². The van der Waals surface area contributed by atoms with Gasteiger partial charge in [0.05, 0.1) is 16.5 Å². The van der Waals surface area contributed by atoms with E-state index in [1.54, 1.807) is 0 Å². The Bertz CT molecular complexity index is 1230. The molecule has 9 nitrogen and oxygen atoms in total. The number of aliphatic hydroxyl groups is 1. The summed E-state index contributed by atoms with van der Waals surface area (Å²) in [7, 11) is 0. The molecule has 0 bridgehead atoms. The van der Waals surface area contributed by atoms with E-state index in [0.29, 0.717) is 0 Å². The summed E-state index contributed by atoms with van der Waals surface area (Å²) >= 11 is 0. The Kier molecular flexibility index (Phi) is 4.96. The topological polar surface area (TPSA) is 127 Å². The van der Waals surface area contributed by atoms with E-state index < -0.39 is 34.2 Å². The van der Waals surface area contributed by atoms with Crippen LogP contribution in [0.25, 0.3) is 5.76 Å². The number of ketones is 1. The van der Waals surface area contributed by atoms with Gasteiger partial charge in [-0.1, -0.05) is 12.1 Å². The lowest BCUT2D eigenvalue weighted by molar-refractivity contribution is -0.384. The molecule has 1 amide bonds. The van der Waals surface area contributed by atoms with Crippen LogP contribution in [-0.2, 0) is 9.59 Å². The number of halogens is 1. The van der Waals surface area contributed by atoms with Gasteiger partial charge < -0.3 is 5.11 Å². The summed E-state index contributed by atoms with van der Waals surface area (Å²) in [6.07, 6.45) is 2.73. The molecule has 0 radical (unpaired) electrons. The molecule has 1 atom stereocenters. The molecule has 4 rings (SSSR count). The first-order chi connectivity index (χ1) is 14.9. The maximum absolute atomic E-state index is 13.3. The van der Waals surface area contributed by atoms with Crippen molar-refractivity contribution in [3.05, 3.63) is 99.6 Å². The van der Waals surface area contributed by atoms with E-state index in [0.717, 1.165) is 17.0 Å². The van der Waals surface area contributed by atoms with Gasteiger partial charge >= 0.3 is 5.91 Å². The van der Waals surface area contributed by atoms with Crippen LogP contribution in [0.5, 0.6) is 0 Å². The zero-order valence-electron chi connectivity index (χ0n) is 15.7. The maximum Gasteiger partial charge on any atom is 0.302 e. The van der Waals surface area contributed by atoms with E-state index in [-0.39, 0.29) is 28.3 Å². The third kappa shape index (κ3) is 3.50. The number of hydrogen-bond acceptors (Lipinski definition) is 7. The average Bonchev–Trinajstić information content (AvgIpc) is 3.05. The summed E-state index contributed by atoms with van der Waals surface area (Å²) in [5.74, 6) is -3.24. The van der Waals surface area contributed by atoms with E-state index >= 15 is 0 Å². The minimum Gasteiger partial charge on any atom is -0.507 e. The summed E-state index contributed by atoms with van der Waals surface area (Å²) in [6, 6.07) is 10.3. The number of non-ortho nitro benzene ring substituents is 1. The van der Waals surface area contributed by atoms with Crippen molar-refractivity contribution in [3.8, 4) is 0 Å². The van der Waals surface area contributed by atoms with Gasteiger partial charge in [0.2, 0.25) is 5.95 Å². The lowest BCUT2D eigenvalue weighted by atomic mass is 9.95. The van der Waals surface area contributed by atoms with Crippen molar-refractivity contribution in [3.63, 3.8) is 0 Å². The fraction of sp³-hybridized carbons (Fsp3) is 0.0476. The van der Waals surface area contributed by atoms with Crippen molar-refractivity contribution >= 4 is 29.1 Å². The van der Waals surface area contributed by atoms with Gasteiger partial charge in [0.1, 0.15) is 11.6 Å². The molecule has 1 saturated heterocycles. The summed E-state index contributed by atoms with van der Waals surface area (Å²) in [6.45, 7) is 0. The second-order valence-corrected chi connectivity index (χ2v) is 6.58. The number of aliphatic hydroxyl groups excluding tert-OH is 1. The Hall–Kier alpha value is -4.47. The number of carbonyl (C=O) groups excluding carboxylic acids is 2. The Morgan fingerprint density at radius 3 is 2.39 bits per heavy atom. The largest absolute Gasteiger partial charge is 0.507 e. The number of amides is 1. The highest BCUT2D eigenvalue weighted by atomic mass is 19.1. The fourth-order valence-electron chi connectivity index (χ4n) is 3.34. The van der Waals surface area contributed by atoms with Crippen LogP contribution in [0.2, 0.25) is 0 Å². The van der Waals surface area contributed by atoms with Gasteiger partial charge in [-0.25, -0.2) is 14.4 Å². The minimum atomic E-state index is -1.23. The van der Waals surface area contributed by atoms with Crippen LogP contribution < -0.4 is 4.90 Å². The smallest absolute Gasteiger partial charge is 0.302 e. The van der Waals surface area contributed by atoms with E-state index in [4.69, 9.17) is 0 Å². The highest BCUT2D eigenvalue weighted by Gasteiger charge is 2.48. The Morgan fingerprint density at radius 1 is 1.06 bits per heavy atom. The second-order valence-electron chi connectivity index (χ2n) is 6.58. The molecule has 1 aromatic heterocycles. The number of nitrogens with zero attached hydrogens (tertiary/aromatic N) is 4. The molecule has 0 spiro atoms. The number of benzene rings is 2. The number of anilines is 1. The third-order valence-electron chi connectivity index (χ3n) is 4.73. The van der Waals surface area contributed by atoms with Crippen molar-refractivity contribution in [2.75, 3.05) is 4.90 Å². The molecule has 3 aromatic rings. The van der Waals surface area contributed by atoms with Gasteiger partial charge in [0.25, 0.3) is 11.5 Å². The molecule has 0 saturated carbocycles. The van der Waals surface area contributed by atoms with Gasteiger partial charge in [-0.05, 0) is 35.9 Å². The van der Waals surface area contributed by atoms with Gasteiger partial charge in [0.15, 0.2) is 0 Å². The van der Waals surface area contributed by atoms with Crippen molar-refractivity contribution in [2.24, 2.45) is 0 Å². The predicted octanol–water partition coefficient (Wildman–Crippen LogP) is 3.15. The molecule has 1 fully saturated rings. The van der Waals surface area contributed by atoms with E-state index in [1.165, 1.54) is 54.9 Å². The molecule has 1 aliphatic rings. The van der Waals surface area contributed by atoms with Crippen LogP contribution in [0.4, 0.5) is 16.0 Å². The fourth-order valence-corrected chi connectivity index (χ4v) is 3.34. The molecular weight excluding hydrogens is 407 g/mol. The predicted molar refractivity (Wildman–Crippen MR) is 106 cm³/mol. The third-order valence-corrected chi connectivity index (χ3v) is 4.73. The maximum atomic E-state index is 13.3. The molecule has 1 N–H and O–H groups in total. The van der Waals surface area contributed by atoms with Crippen LogP contribution in [0.15, 0.2) is 72.6 Å². The Labute approximate surface area is 174 Å². The quantitative estimate of drug-likeness (QED) is 0.226. The molecule has 2 aromatic carbocycles. The zero-order chi connectivity index (χ0) is 22.1. The van der Waals surface area contributed by atoms with Crippen LogP contribution in [0.1, 0.15) is 17.2 Å². The van der Waals surface area contributed by atoms with Crippen molar-refractivity contribution < 1.29 is 24.0 Å². The van der Waals surface area contributed by atoms with Crippen molar-refractivity contribution in [2.45, 2.75) is 6.04 Å². The monoisotopic (exact) mass is 420 g/mol. The van der Waals surface area contributed by atoms with E-state index in [1.807, 2.05) is 0 Å². The van der Waals surface area contributed by atoms with Crippen LogP contribution in [-0.4, -0.2) is 31.7 Å². The van der Waals surface area contributed by atoms with Gasteiger partial charge in [-0.2, -0.15) is 0 Å². The molecule has 10 heteroatoms. The number of Topliss-reactive ketones (excluding diaryl/α,β-unsaturated/α-hetero) is 1. The first-order valence-corrected chi connectivity index (χ1v) is 8.97. The van der Waals surface area contributed by atoms with Gasteiger partial charge in [0, 0.05) is 30.1 Å². The summed E-state index contributed by atoms with van der Waals surface area (Å²) in [5, 5.41) is 22.1. The molecule has 154 valence electrons. The first kappa shape index (κ1) is 19.8. The number of nitro groups is 1. The molecule has 0 aliphatic carbocycles. The molecule has 31 heavy (non-hydrogen) atoms. The Balaban J connectivity index is 1.96. The minimum absolute atomic E-state index is 0.101. The lowest BCUT2D eigenvalue weighted by Gasteiger charge is -2.23. The second kappa shape index (κ2) is 7.75. The van der Waals surface area contributed by atoms with E-state index in [9.17, 15) is 29.2 Å². The lowest BCUT2D eigenvalue weighted by Crippen LogP contribution is -2.31. The summed E-state index contributed by atoms with van der Waals surface area (Å²) in [4.78, 5) is 45.4. The molecule has 1 aliphatic heterocycles. The van der Waals surface area contributed by atoms with Crippen LogP contribution in [0, 0.1) is 15.9 Å². The Morgan fingerprint density at radius 2 is 1.74 bits per heavy atom. The van der Waals surface area contributed by atoms with Crippen molar-refractivity contribution in [1.82, 2.24) is 9.97 Å². The molecular formula is C21H13FN4O5. The molecule has 2 heterocycles. The highest BCUT2D eigenvalue weighted by Crippen LogP contribution is 2.41. The van der Waals surface area contributed by atoms with E-state index in [2.05, 4.69) is 9.97 Å². The van der Waals surface area contributed by atoms with Gasteiger partial charge in [-0.3, -0.25) is 24.6 Å². The SMILES string of the molecule is O=C1C(=O)N(c2ncccn2)[C@@H](c2cccc([N+](=O)[O-])c2)/C1=C(\O)c1ccc(F)cc1. The number of hydrogen-bond donors (Lipinski definition) is 1. The summed E-state index contributed by atoms with van der Waals surface area (Å²) in [5.41, 5.74) is -0.281. The number of aromatic nitrogens is 2. The normalized spacial score (nSPS) is 17.7. The van der Waals surface area contributed by atoms with Crippen LogP contribution in [0.3, 0.4) is 0 Å². The van der Waals surface area contributed by atoms with Gasteiger partial charge in [-0.15, -0.1) is 0 Å². The number of nitro benzene ring substituents is 1. The number of carbonyl (C=O) groups is 2. The zero-order valence-corrected chi connectivity index (χ0v) is 15.7.